The Bertz CT molecular complexity index is 380. The quantitative estimate of drug-likeness (QED) is 0.777. The van der Waals surface area contributed by atoms with E-state index in [4.69, 9.17) is 16.3 Å². The summed E-state index contributed by atoms with van der Waals surface area (Å²) < 4.78 is 5.49. The molecule has 2 heterocycles. The van der Waals surface area contributed by atoms with Crippen LogP contribution in [0.3, 0.4) is 0 Å². The minimum Gasteiger partial charge on any atom is -0.381 e. The number of anilines is 1. The summed E-state index contributed by atoms with van der Waals surface area (Å²) in [6, 6.07) is 0. The first kappa shape index (κ1) is 12.6. The molecule has 1 saturated heterocycles. The van der Waals surface area contributed by atoms with E-state index in [9.17, 15) is 0 Å². The van der Waals surface area contributed by atoms with E-state index in [2.05, 4.69) is 14.9 Å². The lowest BCUT2D eigenvalue weighted by Crippen LogP contribution is -2.31. The number of halogens is 1. The van der Waals surface area contributed by atoms with Crippen LogP contribution in [-0.2, 0) is 4.74 Å². The fourth-order valence-corrected chi connectivity index (χ4v) is 2.35. The summed E-state index contributed by atoms with van der Waals surface area (Å²) in [5, 5.41) is 0.303. The van der Waals surface area contributed by atoms with Crippen LogP contribution in [0, 0.1) is 12.8 Å². The molecule has 0 amide bonds. The lowest BCUT2D eigenvalue weighted by molar-refractivity contribution is 0.0576. The van der Waals surface area contributed by atoms with Crippen molar-refractivity contribution >= 4 is 17.4 Å². The van der Waals surface area contributed by atoms with Gasteiger partial charge in [0.25, 0.3) is 0 Å². The third-order valence-electron chi connectivity index (χ3n) is 3.06. The average molecular weight is 256 g/mol. The molecule has 1 fully saturated rings. The first-order valence-electron chi connectivity index (χ1n) is 5.95. The molecule has 0 aliphatic carbocycles. The zero-order chi connectivity index (χ0) is 12.3. The summed E-state index contributed by atoms with van der Waals surface area (Å²) in [7, 11) is 2.04. The van der Waals surface area contributed by atoms with Gasteiger partial charge in [0, 0.05) is 32.0 Å². The minimum atomic E-state index is 0.303. The maximum Gasteiger partial charge on any atom is 0.224 e. The molecule has 0 aromatic carbocycles. The van der Waals surface area contributed by atoms with Crippen molar-refractivity contribution in [2.75, 3.05) is 31.7 Å². The van der Waals surface area contributed by atoms with Crippen molar-refractivity contribution in [1.82, 2.24) is 9.97 Å². The van der Waals surface area contributed by atoms with Crippen LogP contribution >= 0.6 is 11.6 Å². The molecule has 2 rings (SSSR count). The number of hydrogen-bond acceptors (Lipinski definition) is 4. The third kappa shape index (κ3) is 3.30. The first-order valence-corrected chi connectivity index (χ1v) is 6.32. The highest BCUT2D eigenvalue weighted by Crippen LogP contribution is 2.20. The Kier molecular flexibility index (Phi) is 4.18. The summed E-state index contributed by atoms with van der Waals surface area (Å²) >= 11 is 5.83. The minimum absolute atomic E-state index is 0.303. The topological polar surface area (TPSA) is 38.2 Å². The van der Waals surface area contributed by atoms with Crippen LogP contribution in [0.2, 0.25) is 5.28 Å². The summed E-state index contributed by atoms with van der Waals surface area (Å²) in [5.41, 5.74) is 1.05. The zero-order valence-corrected chi connectivity index (χ0v) is 11.1. The SMILES string of the molecule is Cc1cnc(Cl)nc1N(C)CC1CCCOC1. The van der Waals surface area contributed by atoms with Gasteiger partial charge in [-0.3, -0.25) is 0 Å². The van der Waals surface area contributed by atoms with Gasteiger partial charge in [-0.2, -0.15) is 0 Å². The van der Waals surface area contributed by atoms with Gasteiger partial charge in [0.2, 0.25) is 5.28 Å². The molecule has 17 heavy (non-hydrogen) atoms. The second-order valence-electron chi connectivity index (χ2n) is 4.61. The normalized spacial score (nSPS) is 20.3. The molecule has 94 valence electrons. The second kappa shape index (κ2) is 5.65. The van der Waals surface area contributed by atoms with Crippen LogP contribution in [0.5, 0.6) is 0 Å². The molecule has 0 radical (unpaired) electrons. The van der Waals surface area contributed by atoms with Crippen molar-refractivity contribution < 1.29 is 4.74 Å². The monoisotopic (exact) mass is 255 g/mol. The maximum atomic E-state index is 5.83. The van der Waals surface area contributed by atoms with Crippen LogP contribution in [-0.4, -0.2) is 36.8 Å². The molecule has 0 spiro atoms. The predicted molar refractivity (Wildman–Crippen MR) is 68.6 cm³/mol. The smallest absolute Gasteiger partial charge is 0.224 e. The fraction of sp³-hybridized carbons (Fsp3) is 0.667. The number of ether oxygens (including phenoxy) is 1. The van der Waals surface area contributed by atoms with Gasteiger partial charge in [-0.1, -0.05) is 0 Å². The maximum absolute atomic E-state index is 5.83. The van der Waals surface area contributed by atoms with Crippen molar-refractivity contribution in [3.8, 4) is 0 Å². The molecular formula is C12H18ClN3O. The molecule has 1 aliphatic heterocycles. The van der Waals surface area contributed by atoms with Crippen LogP contribution in [0.25, 0.3) is 0 Å². The Labute approximate surface area is 107 Å². The zero-order valence-electron chi connectivity index (χ0n) is 10.3. The third-order valence-corrected chi connectivity index (χ3v) is 3.25. The average Bonchev–Trinajstić information content (AvgIpc) is 2.33. The molecule has 0 bridgehead atoms. The van der Waals surface area contributed by atoms with E-state index in [0.717, 1.165) is 37.6 Å². The molecule has 1 unspecified atom stereocenters. The van der Waals surface area contributed by atoms with Crippen LogP contribution in [0.15, 0.2) is 6.20 Å². The molecule has 0 N–H and O–H groups in total. The lowest BCUT2D eigenvalue weighted by Gasteiger charge is -2.28. The number of aryl methyl sites for hydroxylation is 1. The van der Waals surface area contributed by atoms with E-state index in [-0.39, 0.29) is 0 Å². The van der Waals surface area contributed by atoms with E-state index in [0.29, 0.717) is 11.2 Å². The van der Waals surface area contributed by atoms with Crippen molar-refractivity contribution in [2.45, 2.75) is 19.8 Å². The van der Waals surface area contributed by atoms with Crippen molar-refractivity contribution in [1.29, 1.82) is 0 Å². The summed E-state index contributed by atoms with van der Waals surface area (Å²) in [5.74, 6) is 1.50. The van der Waals surface area contributed by atoms with Gasteiger partial charge in [0.1, 0.15) is 5.82 Å². The molecule has 1 atom stereocenters. The highest BCUT2D eigenvalue weighted by Gasteiger charge is 2.17. The van der Waals surface area contributed by atoms with Gasteiger partial charge in [0.05, 0.1) is 6.61 Å². The van der Waals surface area contributed by atoms with Crippen molar-refractivity contribution in [3.63, 3.8) is 0 Å². The van der Waals surface area contributed by atoms with Gasteiger partial charge < -0.3 is 9.64 Å². The predicted octanol–water partition coefficient (Wildman–Crippen LogP) is 2.30. The van der Waals surface area contributed by atoms with E-state index >= 15 is 0 Å². The lowest BCUT2D eigenvalue weighted by atomic mass is 10.0. The van der Waals surface area contributed by atoms with Crippen LogP contribution < -0.4 is 4.90 Å². The second-order valence-corrected chi connectivity index (χ2v) is 4.95. The van der Waals surface area contributed by atoms with E-state index < -0.39 is 0 Å². The van der Waals surface area contributed by atoms with Gasteiger partial charge in [-0.25, -0.2) is 9.97 Å². The van der Waals surface area contributed by atoms with E-state index in [1.165, 1.54) is 6.42 Å². The molecule has 1 aromatic heterocycles. The summed E-state index contributed by atoms with van der Waals surface area (Å²) in [4.78, 5) is 10.4. The highest BCUT2D eigenvalue weighted by atomic mass is 35.5. The summed E-state index contributed by atoms with van der Waals surface area (Å²) in [6.07, 6.45) is 4.14. The number of nitrogens with zero attached hydrogens (tertiary/aromatic N) is 3. The first-order chi connectivity index (χ1) is 8.16. The summed E-state index contributed by atoms with van der Waals surface area (Å²) in [6.45, 7) is 4.70. The highest BCUT2D eigenvalue weighted by molar-refractivity contribution is 6.28. The largest absolute Gasteiger partial charge is 0.381 e. The molecule has 5 heteroatoms. The molecule has 4 nitrogen and oxygen atoms in total. The van der Waals surface area contributed by atoms with Crippen molar-refractivity contribution in [3.05, 3.63) is 17.0 Å². The molecular weight excluding hydrogens is 238 g/mol. The van der Waals surface area contributed by atoms with Gasteiger partial charge in [-0.15, -0.1) is 0 Å². The number of aromatic nitrogens is 2. The molecule has 0 saturated carbocycles. The van der Waals surface area contributed by atoms with Crippen LogP contribution in [0.1, 0.15) is 18.4 Å². The fourth-order valence-electron chi connectivity index (χ4n) is 2.22. The molecule has 1 aliphatic rings. The van der Waals surface area contributed by atoms with E-state index in [1.807, 2.05) is 14.0 Å². The van der Waals surface area contributed by atoms with E-state index in [1.54, 1.807) is 6.20 Å². The Morgan fingerprint density at radius 1 is 1.59 bits per heavy atom. The van der Waals surface area contributed by atoms with Gasteiger partial charge >= 0.3 is 0 Å². The van der Waals surface area contributed by atoms with Crippen LogP contribution in [0.4, 0.5) is 5.82 Å². The number of hydrogen-bond donors (Lipinski definition) is 0. The Hall–Kier alpha value is -0.870. The number of rotatable bonds is 3. The van der Waals surface area contributed by atoms with Gasteiger partial charge in [-0.05, 0) is 37.3 Å². The Balaban J connectivity index is 2.02. The Morgan fingerprint density at radius 3 is 3.12 bits per heavy atom. The standard InChI is InChI=1S/C12H18ClN3O/c1-9-6-14-12(13)15-11(9)16(2)7-10-4-3-5-17-8-10/h6,10H,3-5,7-8H2,1-2H3. The molecule has 1 aromatic rings. The van der Waals surface area contributed by atoms with Crippen molar-refractivity contribution in [2.24, 2.45) is 5.92 Å². The Morgan fingerprint density at radius 2 is 2.41 bits per heavy atom. The van der Waals surface area contributed by atoms with Gasteiger partial charge in [0.15, 0.2) is 0 Å².